The van der Waals surface area contributed by atoms with Gasteiger partial charge in [0.15, 0.2) is 0 Å². The molecule has 1 aliphatic rings. The van der Waals surface area contributed by atoms with Crippen LogP contribution in [0.5, 0.6) is 0 Å². The molecule has 1 aliphatic heterocycles. The molecule has 2 rings (SSSR count). The molecule has 1 fully saturated rings. The Morgan fingerprint density at radius 2 is 2.20 bits per heavy atom. The third-order valence-corrected chi connectivity index (χ3v) is 4.32. The quantitative estimate of drug-likeness (QED) is 0.892. The Kier molecular flexibility index (Phi) is 4.43. The molecule has 0 aromatic heterocycles. The Morgan fingerprint density at radius 1 is 1.45 bits per heavy atom. The van der Waals surface area contributed by atoms with Gasteiger partial charge in [-0.05, 0) is 62.5 Å². The first-order chi connectivity index (χ1) is 9.41. The van der Waals surface area contributed by atoms with E-state index in [9.17, 15) is 9.18 Å². The third kappa shape index (κ3) is 3.18. The van der Waals surface area contributed by atoms with E-state index in [1.165, 1.54) is 6.07 Å². The summed E-state index contributed by atoms with van der Waals surface area (Å²) in [5.41, 5.74) is 0.765. The molecule has 1 saturated heterocycles. The van der Waals surface area contributed by atoms with Crippen molar-refractivity contribution in [2.24, 2.45) is 11.3 Å². The van der Waals surface area contributed by atoms with Gasteiger partial charge in [-0.2, -0.15) is 0 Å². The Hall–Kier alpha value is -1.42. The highest BCUT2D eigenvalue weighted by Gasteiger charge is 2.37. The number of piperidine rings is 1. The summed E-state index contributed by atoms with van der Waals surface area (Å²) in [4.78, 5) is 12.5. The molecule has 1 amide bonds. The maximum absolute atomic E-state index is 13.2. The van der Waals surface area contributed by atoms with Crippen molar-refractivity contribution in [1.82, 2.24) is 5.32 Å². The van der Waals surface area contributed by atoms with Gasteiger partial charge in [-0.3, -0.25) is 4.79 Å². The number of hydrogen-bond acceptors (Lipinski definition) is 2. The Bertz CT molecular complexity index is 493. The first kappa shape index (κ1) is 15.0. The van der Waals surface area contributed by atoms with Crippen LogP contribution in [0.1, 0.15) is 32.3 Å². The standard InChI is InChI=1S/C16H23FN2O/c1-11-9-13(6-7-14(11)17)19-15(20)16(2,3)12-5-4-8-18-10-12/h6-7,9,12,18H,4-5,8,10H2,1-3H3,(H,19,20). The largest absolute Gasteiger partial charge is 0.326 e. The maximum Gasteiger partial charge on any atom is 0.230 e. The fraction of sp³-hybridized carbons (Fsp3) is 0.562. The van der Waals surface area contributed by atoms with Crippen LogP contribution < -0.4 is 10.6 Å². The minimum absolute atomic E-state index is 0.00259. The molecule has 0 bridgehead atoms. The first-order valence-corrected chi connectivity index (χ1v) is 7.19. The SMILES string of the molecule is Cc1cc(NC(=O)C(C)(C)C2CCCNC2)ccc1F. The van der Waals surface area contributed by atoms with E-state index in [0.717, 1.165) is 25.9 Å². The number of benzene rings is 1. The molecule has 0 saturated carbocycles. The van der Waals surface area contributed by atoms with E-state index in [1.54, 1.807) is 19.1 Å². The predicted molar refractivity (Wildman–Crippen MR) is 79.1 cm³/mol. The second kappa shape index (κ2) is 5.92. The average Bonchev–Trinajstić information content (AvgIpc) is 2.44. The second-order valence-corrected chi connectivity index (χ2v) is 6.18. The van der Waals surface area contributed by atoms with E-state index in [0.29, 0.717) is 17.2 Å². The predicted octanol–water partition coefficient (Wildman–Crippen LogP) is 3.10. The molecule has 20 heavy (non-hydrogen) atoms. The summed E-state index contributed by atoms with van der Waals surface area (Å²) in [6, 6.07) is 4.66. The van der Waals surface area contributed by atoms with Crippen molar-refractivity contribution in [1.29, 1.82) is 0 Å². The Morgan fingerprint density at radius 3 is 2.80 bits per heavy atom. The van der Waals surface area contributed by atoms with E-state index in [-0.39, 0.29) is 11.7 Å². The summed E-state index contributed by atoms with van der Waals surface area (Å²) in [5, 5.41) is 6.26. The van der Waals surface area contributed by atoms with Gasteiger partial charge >= 0.3 is 0 Å². The number of carbonyl (C=O) groups excluding carboxylic acids is 1. The molecular weight excluding hydrogens is 255 g/mol. The summed E-state index contributed by atoms with van der Waals surface area (Å²) >= 11 is 0. The molecule has 1 unspecified atom stereocenters. The molecule has 1 aromatic rings. The number of halogens is 1. The van der Waals surface area contributed by atoms with E-state index < -0.39 is 5.41 Å². The van der Waals surface area contributed by atoms with Gasteiger partial charge in [0.25, 0.3) is 0 Å². The summed E-state index contributed by atoms with van der Waals surface area (Å²) in [6.07, 6.45) is 2.17. The van der Waals surface area contributed by atoms with Crippen LogP contribution in [0.3, 0.4) is 0 Å². The molecular formula is C16H23FN2O. The lowest BCUT2D eigenvalue weighted by Gasteiger charge is -2.36. The lowest BCUT2D eigenvalue weighted by Crippen LogP contribution is -2.44. The molecule has 1 aromatic carbocycles. The number of carbonyl (C=O) groups is 1. The van der Waals surface area contributed by atoms with Gasteiger partial charge in [0.2, 0.25) is 5.91 Å². The van der Waals surface area contributed by atoms with E-state index in [4.69, 9.17) is 0 Å². The van der Waals surface area contributed by atoms with Crippen LogP contribution in [0.15, 0.2) is 18.2 Å². The van der Waals surface area contributed by atoms with Crippen LogP contribution >= 0.6 is 0 Å². The van der Waals surface area contributed by atoms with Crippen molar-refractivity contribution in [3.8, 4) is 0 Å². The van der Waals surface area contributed by atoms with Gasteiger partial charge in [0.05, 0.1) is 0 Å². The number of nitrogens with one attached hydrogen (secondary N) is 2. The zero-order valence-corrected chi connectivity index (χ0v) is 12.4. The molecule has 0 radical (unpaired) electrons. The number of rotatable bonds is 3. The zero-order valence-electron chi connectivity index (χ0n) is 12.4. The molecule has 0 aliphatic carbocycles. The molecule has 0 spiro atoms. The highest BCUT2D eigenvalue weighted by Crippen LogP contribution is 2.33. The molecule has 1 atom stereocenters. The van der Waals surface area contributed by atoms with Crippen LogP contribution in [0, 0.1) is 24.1 Å². The van der Waals surface area contributed by atoms with Crippen LogP contribution in [-0.4, -0.2) is 19.0 Å². The molecule has 4 heteroatoms. The number of aryl methyl sites for hydroxylation is 1. The van der Waals surface area contributed by atoms with Crippen molar-refractivity contribution in [3.05, 3.63) is 29.6 Å². The van der Waals surface area contributed by atoms with Crippen LogP contribution in [-0.2, 0) is 4.79 Å². The fourth-order valence-corrected chi connectivity index (χ4v) is 2.67. The van der Waals surface area contributed by atoms with Crippen molar-refractivity contribution in [2.45, 2.75) is 33.6 Å². The molecule has 110 valence electrons. The fourth-order valence-electron chi connectivity index (χ4n) is 2.67. The monoisotopic (exact) mass is 278 g/mol. The van der Waals surface area contributed by atoms with Gasteiger partial charge in [-0.1, -0.05) is 13.8 Å². The van der Waals surface area contributed by atoms with Crippen LogP contribution in [0.2, 0.25) is 0 Å². The van der Waals surface area contributed by atoms with Gasteiger partial charge in [0, 0.05) is 11.1 Å². The van der Waals surface area contributed by atoms with E-state index in [2.05, 4.69) is 10.6 Å². The summed E-state index contributed by atoms with van der Waals surface area (Å²) in [6.45, 7) is 7.57. The van der Waals surface area contributed by atoms with E-state index >= 15 is 0 Å². The van der Waals surface area contributed by atoms with Crippen molar-refractivity contribution in [3.63, 3.8) is 0 Å². The van der Waals surface area contributed by atoms with Gasteiger partial charge in [-0.15, -0.1) is 0 Å². The van der Waals surface area contributed by atoms with Crippen molar-refractivity contribution in [2.75, 3.05) is 18.4 Å². The normalized spacial score (nSPS) is 19.7. The highest BCUT2D eigenvalue weighted by atomic mass is 19.1. The second-order valence-electron chi connectivity index (χ2n) is 6.18. The number of amides is 1. The zero-order chi connectivity index (χ0) is 14.8. The summed E-state index contributed by atoms with van der Waals surface area (Å²) < 4.78 is 13.2. The molecule has 3 nitrogen and oxygen atoms in total. The van der Waals surface area contributed by atoms with Crippen LogP contribution in [0.25, 0.3) is 0 Å². The topological polar surface area (TPSA) is 41.1 Å². The summed E-state index contributed by atoms with van der Waals surface area (Å²) in [5.74, 6) is 0.0775. The molecule has 1 heterocycles. The lowest BCUT2D eigenvalue weighted by molar-refractivity contribution is -0.127. The van der Waals surface area contributed by atoms with Crippen molar-refractivity contribution >= 4 is 11.6 Å². The third-order valence-electron chi connectivity index (χ3n) is 4.32. The smallest absolute Gasteiger partial charge is 0.230 e. The van der Waals surface area contributed by atoms with Gasteiger partial charge in [0.1, 0.15) is 5.82 Å². The summed E-state index contributed by atoms with van der Waals surface area (Å²) in [7, 11) is 0. The molecule has 2 N–H and O–H groups in total. The maximum atomic E-state index is 13.2. The first-order valence-electron chi connectivity index (χ1n) is 7.19. The van der Waals surface area contributed by atoms with Gasteiger partial charge < -0.3 is 10.6 Å². The average molecular weight is 278 g/mol. The lowest BCUT2D eigenvalue weighted by atomic mass is 9.74. The minimum atomic E-state index is -0.435. The Balaban J connectivity index is 2.07. The van der Waals surface area contributed by atoms with E-state index in [1.807, 2.05) is 13.8 Å². The number of hydrogen-bond donors (Lipinski definition) is 2. The van der Waals surface area contributed by atoms with Gasteiger partial charge in [-0.25, -0.2) is 4.39 Å². The highest BCUT2D eigenvalue weighted by molar-refractivity contribution is 5.95. The van der Waals surface area contributed by atoms with Crippen LogP contribution in [0.4, 0.5) is 10.1 Å². The minimum Gasteiger partial charge on any atom is -0.326 e. The van der Waals surface area contributed by atoms with Crippen molar-refractivity contribution < 1.29 is 9.18 Å². The number of anilines is 1. The Labute approximate surface area is 120 Å².